The molecule has 1 aliphatic heterocycles. The van der Waals surface area contributed by atoms with Crippen molar-refractivity contribution in [2.24, 2.45) is 5.10 Å². The molecule has 0 spiro atoms. The van der Waals surface area contributed by atoms with Gasteiger partial charge in [0.25, 0.3) is 5.95 Å². The van der Waals surface area contributed by atoms with Crippen molar-refractivity contribution in [2.75, 3.05) is 18.5 Å². The number of piperidine rings is 1. The molecule has 0 amide bonds. The summed E-state index contributed by atoms with van der Waals surface area (Å²) in [5.41, 5.74) is 8.06. The molecule has 7 heteroatoms. The van der Waals surface area contributed by atoms with Gasteiger partial charge in [0.05, 0.1) is 13.1 Å². The molecule has 1 aliphatic rings. The highest BCUT2D eigenvalue weighted by atomic mass is 15.4. The van der Waals surface area contributed by atoms with Gasteiger partial charge in [-0.15, -0.1) is 10.2 Å². The van der Waals surface area contributed by atoms with Crippen LogP contribution in [0, 0.1) is 0 Å². The molecule has 0 atom stereocenters. The van der Waals surface area contributed by atoms with E-state index in [0.29, 0.717) is 5.95 Å². The predicted molar refractivity (Wildman–Crippen MR) is 110 cm³/mol. The van der Waals surface area contributed by atoms with Gasteiger partial charge in [-0.1, -0.05) is 48.5 Å². The lowest BCUT2D eigenvalue weighted by Gasteiger charge is -2.24. The summed E-state index contributed by atoms with van der Waals surface area (Å²) in [6.45, 7) is 3.26. The number of H-pyrrole nitrogens is 1. The Bertz CT molecular complexity index is 1120. The van der Waals surface area contributed by atoms with E-state index < -0.39 is 0 Å². The van der Waals surface area contributed by atoms with Crippen molar-refractivity contribution in [1.29, 1.82) is 0 Å². The molecule has 3 N–H and O–H groups in total. The molecule has 1 fully saturated rings. The van der Waals surface area contributed by atoms with Gasteiger partial charge >= 0.3 is 0 Å². The number of anilines is 1. The van der Waals surface area contributed by atoms with Gasteiger partial charge in [-0.3, -0.25) is 0 Å². The first-order valence-electron chi connectivity index (χ1n) is 9.65. The quantitative estimate of drug-likeness (QED) is 0.480. The third kappa shape index (κ3) is 3.44. The van der Waals surface area contributed by atoms with Gasteiger partial charge in [0.1, 0.15) is 12.1 Å². The van der Waals surface area contributed by atoms with Crippen molar-refractivity contribution >= 4 is 33.7 Å². The molecule has 1 saturated heterocycles. The number of quaternary nitrogens is 1. The predicted octanol–water partition coefficient (Wildman–Crippen LogP) is 2.15. The van der Waals surface area contributed by atoms with Crippen LogP contribution in [0.1, 0.15) is 18.4 Å². The van der Waals surface area contributed by atoms with Crippen molar-refractivity contribution in [2.45, 2.75) is 19.4 Å². The summed E-state index contributed by atoms with van der Waals surface area (Å²) in [7, 11) is 0. The summed E-state index contributed by atoms with van der Waals surface area (Å²) in [4.78, 5) is 9.39. The molecular formula is C21H22N7+. The van der Waals surface area contributed by atoms with Crippen LogP contribution in [-0.2, 0) is 6.54 Å². The Morgan fingerprint density at radius 3 is 2.61 bits per heavy atom. The molecule has 0 unspecified atom stereocenters. The zero-order valence-corrected chi connectivity index (χ0v) is 15.5. The standard InChI is InChI=1S/C21H21N7/c1-2-6-15(7-3-1)14-28-12-10-16(11-13-28)24-26-21-23-20-19(25-27-21)17-8-4-5-9-18(17)22-20/h1-9H,10-14H2,(H2,22,23,26,27)/p+1. The van der Waals surface area contributed by atoms with Gasteiger partial charge in [0.15, 0.2) is 5.65 Å². The van der Waals surface area contributed by atoms with Crippen molar-refractivity contribution in [3.63, 3.8) is 0 Å². The van der Waals surface area contributed by atoms with Crippen LogP contribution in [-0.4, -0.2) is 39.0 Å². The third-order valence-electron chi connectivity index (χ3n) is 5.27. The highest BCUT2D eigenvalue weighted by Gasteiger charge is 2.18. The zero-order chi connectivity index (χ0) is 18.8. The summed E-state index contributed by atoms with van der Waals surface area (Å²) >= 11 is 0. The lowest BCUT2D eigenvalue weighted by molar-refractivity contribution is -0.914. The largest absolute Gasteiger partial charge is 0.338 e. The smallest absolute Gasteiger partial charge is 0.265 e. The van der Waals surface area contributed by atoms with Crippen molar-refractivity contribution < 1.29 is 4.90 Å². The van der Waals surface area contributed by atoms with Crippen molar-refractivity contribution in [3.05, 3.63) is 60.2 Å². The fourth-order valence-corrected chi connectivity index (χ4v) is 3.76. The van der Waals surface area contributed by atoms with Crippen LogP contribution in [0.25, 0.3) is 22.1 Å². The Morgan fingerprint density at radius 2 is 1.75 bits per heavy atom. The Kier molecular flexibility index (Phi) is 4.42. The van der Waals surface area contributed by atoms with E-state index in [1.54, 1.807) is 4.90 Å². The van der Waals surface area contributed by atoms with Crippen LogP contribution >= 0.6 is 0 Å². The van der Waals surface area contributed by atoms with E-state index in [1.807, 2.05) is 24.3 Å². The number of aromatic amines is 1. The number of para-hydroxylation sites is 1. The highest BCUT2D eigenvalue weighted by Crippen LogP contribution is 2.21. The minimum Gasteiger partial charge on any atom is -0.338 e. The number of hydrogen-bond acceptors (Lipinski definition) is 5. The fraction of sp³-hybridized carbons (Fsp3) is 0.238. The lowest BCUT2D eigenvalue weighted by Crippen LogP contribution is -3.11. The molecular weight excluding hydrogens is 350 g/mol. The first-order chi connectivity index (χ1) is 13.8. The molecule has 2 aromatic carbocycles. The molecule has 0 aliphatic carbocycles. The van der Waals surface area contributed by atoms with Gasteiger partial charge in [0.2, 0.25) is 0 Å². The number of benzene rings is 2. The molecule has 140 valence electrons. The van der Waals surface area contributed by atoms with E-state index in [4.69, 9.17) is 0 Å². The lowest BCUT2D eigenvalue weighted by atomic mass is 10.1. The number of hydrogen-bond donors (Lipinski definition) is 3. The molecule has 7 nitrogen and oxygen atoms in total. The fourth-order valence-electron chi connectivity index (χ4n) is 3.76. The van der Waals surface area contributed by atoms with Crippen molar-refractivity contribution in [3.8, 4) is 0 Å². The monoisotopic (exact) mass is 372 g/mol. The molecule has 28 heavy (non-hydrogen) atoms. The minimum absolute atomic E-state index is 0.422. The van der Waals surface area contributed by atoms with Crippen LogP contribution in [0.3, 0.4) is 0 Å². The molecule has 5 rings (SSSR count). The second-order valence-corrected chi connectivity index (χ2v) is 7.21. The number of aromatic nitrogens is 4. The number of hydrazone groups is 1. The Morgan fingerprint density at radius 1 is 0.964 bits per heavy atom. The molecule has 3 heterocycles. The molecule has 0 radical (unpaired) electrons. The summed E-state index contributed by atoms with van der Waals surface area (Å²) in [5.74, 6) is 0.422. The zero-order valence-electron chi connectivity index (χ0n) is 15.5. The van der Waals surface area contributed by atoms with Crippen LogP contribution < -0.4 is 10.3 Å². The topological polar surface area (TPSA) is 83.3 Å². The number of nitrogens with zero attached hydrogens (tertiary/aromatic N) is 4. The van der Waals surface area contributed by atoms with Crippen LogP contribution in [0.5, 0.6) is 0 Å². The Balaban J connectivity index is 1.23. The normalized spacial score (nSPS) is 17.1. The van der Waals surface area contributed by atoms with Gasteiger partial charge in [0, 0.05) is 35.0 Å². The van der Waals surface area contributed by atoms with E-state index in [1.165, 1.54) is 5.56 Å². The minimum atomic E-state index is 0.422. The van der Waals surface area contributed by atoms with Gasteiger partial charge in [-0.2, -0.15) is 10.1 Å². The van der Waals surface area contributed by atoms with Gasteiger partial charge < -0.3 is 9.88 Å². The number of nitrogens with one attached hydrogen (secondary N) is 3. The highest BCUT2D eigenvalue weighted by molar-refractivity contribution is 6.03. The Labute approximate surface area is 162 Å². The first kappa shape index (κ1) is 16.8. The maximum atomic E-state index is 4.53. The van der Waals surface area contributed by atoms with E-state index in [0.717, 1.165) is 60.3 Å². The molecule has 0 saturated carbocycles. The number of fused-ring (bicyclic) bond motifs is 3. The second-order valence-electron chi connectivity index (χ2n) is 7.21. The summed E-state index contributed by atoms with van der Waals surface area (Å²) in [6.07, 6.45) is 1.97. The maximum Gasteiger partial charge on any atom is 0.265 e. The van der Waals surface area contributed by atoms with E-state index in [2.05, 4.69) is 61.0 Å². The van der Waals surface area contributed by atoms with E-state index in [9.17, 15) is 0 Å². The summed E-state index contributed by atoms with van der Waals surface area (Å²) < 4.78 is 0. The summed E-state index contributed by atoms with van der Waals surface area (Å²) in [5, 5.41) is 14.1. The Hall–Kier alpha value is -3.32. The van der Waals surface area contributed by atoms with E-state index in [-0.39, 0.29) is 0 Å². The SMILES string of the molecule is c1ccc(C[NH+]2CCC(=NNc3nnc4c(n3)[nH]c3ccccc34)CC2)cc1. The molecule has 4 aromatic rings. The van der Waals surface area contributed by atoms with Crippen molar-refractivity contribution in [1.82, 2.24) is 20.2 Å². The second kappa shape index (κ2) is 7.36. The third-order valence-corrected chi connectivity index (χ3v) is 5.27. The van der Waals surface area contributed by atoms with Crippen LogP contribution in [0.15, 0.2) is 59.7 Å². The van der Waals surface area contributed by atoms with Crippen LogP contribution in [0.4, 0.5) is 5.95 Å². The van der Waals surface area contributed by atoms with Gasteiger partial charge in [-0.05, 0) is 6.07 Å². The first-order valence-corrected chi connectivity index (χ1v) is 9.65. The summed E-state index contributed by atoms with van der Waals surface area (Å²) in [6, 6.07) is 18.7. The average Bonchev–Trinajstić information content (AvgIpc) is 3.12. The molecule has 2 aromatic heterocycles. The van der Waals surface area contributed by atoms with E-state index >= 15 is 0 Å². The van der Waals surface area contributed by atoms with Gasteiger partial charge in [-0.25, -0.2) is 5.43 Å². The maximum absolute atomic E-state index is 4.53. The average molecular weight is 372 g/mol. The number of rotatable bonds is 4. The molecule has 0 bridgehead atoms. The van der Waals surface area contributed by atoms with Crippen LogP contribution in [0.2, 0.25) is 0 Å². The number of likely N-dealkylation sites (tertiary alicyclic amines) is 1.